The van der Waals surface area contributed by atoms with Gasteiger partial charge in [0.05, 0.1) is 12.4 Å². The zero-order chi connectivity index (χ0) is 12.1. The predicted octanol–water partition coefficient (Wildman–Crippen LogP) is 2.68. The van der Waals surface area contributed by atoms with Gasteiger partial charge in [0.1, 0.15) is 11.6 Å². The number of aromatic nitrogens is 2. The van der Waals surface area contributed by atoms with Crippen LogP contribution in [0, 0.1) is 0 Å². The van der Waals surface area contributed by atoms with Crippen molar-refractivity contribution in [1.29, 1.82) is 0 Å². The summed E-state index contributed by atoms with van der Waals surface area (Å²) in [6, 6.07) is 0.634. The molecule has 0 unspecified atom stereocenters. The van der Waals surface area contributed by atoms with Gasteiger partial charge in [-0.3, -0.25) is 4.98 Å². The van der Waals surface area contributed by atoms with Crippen LogP contribution >= 0.6 is 0 Å². The van der Waals surface area contributed by atoms with Crippen molar-refractivity contribution in [2.24, 2.45) is 0 Å². The van der Waals surface area contributed by atoms with E-state index in [1.807, 2.05) is 6.20 Å². The molecule has 1 aliphatic rings. The Balaban J connectivity index is 2.06. The Morgan fingerprint density at radius 2 is 2.06 bits per heavy atom. The minimum absolute atomic E-state index is 0.634. The highest BCUT2D eigenvalue weighted by Crippen LogP contribution is 2.25. The van der Waals surface area contributed by atoms with Crippen molar-refractivity contribution in [3.63, 3.8) is 0 Å². The molecule has 4 heteroatoms. The summed E-state index contributed by atoms with van der Waals surface area (Å²) in [4.78, 5) is 11.1. The molecule has 0 bridgehead atoms. The van der Waals surface area contributed by atoms with E-state index < -0.39 is 0 Å². The van der Waals surface area contributed by atoms with Crippen LogP contribution in [-0.4, -0.2) is 29.6 Å². The molecule has 2 rings (SSSR count). The molecule has 0 atom stereocenters. The molecule has 1 fully saturated rings. The van der Waals surface area contributed by atoms with Gasteiger partial charge in [0.2, 0.25) is 0 Å². The molecule has 0 saturated heterocycles. The first-order chi connectivity index (χ1) is 8.31. The Kier molecular flexibility index (Phi) is 4.18. The van der Waals surface area contributed by atoms with E-state index in [1.165, 1.54) is 32.1 Å². The average molecular weight is 234 g/mol. The van der Waals surface area contributed by atoms with E-state index in [0.29, 0.717) is 6.04 Å². The van der Waals surface area contributed by atoms with Crippen molar-refractivity contribution in [2.45, 2.75) is 45.1 Å². The molecular weight excluding hydrogens is 212 g/mol. The zero-order valence-corrected chi connectivity index (χ0v) is 10.8. The fraction of sp³-hybridized carbons (Fsp3) is 0.692. The third-order valence-electron chi connectivity index (χ3n) is 3.46. The molecule has 4 nitrogen and oxygen atoms in total. The van der Waals surface area contributed by atoms with Crippen LogP contribution in [-0.2, 0) is 0 Å². The third kappa shape index (κ3) is 3.08. The van der Waals surface area contributed by atoms with Crippen molar-refractivity contribution < 1.29 is 0 Å². The van der Waals surface area contributed by atoms with Gasteiger partial charge >= 0.3 is 0 Å². The van der Waals surface area contributed by atoms with Gasteiger partial charge in [-0.1, -0.05) is 19.3 Å². The van der Waals surface area contributed by atoms with Crippen LogP contribution in [0.1, 0.15) is 39.0 Å². The topological polar surface area (TPSA) is 41.1 Å². The largest absolute Gasteiger partial charge is 0.369 e. The van der Waals surface area contributed by atoms with Crippen LogP contribution in [0.2, 0.25) is 0 Å². The van der Waals surface area contributed by atoms with E-state index >= 15 is 0 Å². The molecule has 0 radical (unpaired) electrons. The first kappa shape index (κ1) is 12.1. The van der Waals surface area contributed by atoms with Gasteiger partial charge in [-0.2, -0.15) is 0 Å². The Bertz CT molecular complexity index is 347. The predicted molar refractivity (Wildman–Crippen MR) is 71.5 cm³/mol. The van der Waals surface area contributed by atoms with Gasteiger partial charge in [-0.15, -0.1) is 0 Å². The van der Waals surface area contributed by atoms with Crippen LogP contribution in [0.4, 0.5) is 11.6 Å². The van der Waals surface area contributed by atoms with Crippen LogP contribution in [0.5, 0.6) is 0 Å². The summed E-state index contributed by atoms with van der Waals surface area (Å²) in [7, 11) is 2.13. The molecule has 0 spiro atoms. The maximum atomic E-state index is 4.59. The van der Waals surface area contributed by atoms with Gasteiger partial charge in [0.25, 0.3) is 0 Å². The second kappa shape index (κ2) is 5.84. The zero-order valence-electron chi connectivity index (χ0n) is 10.8. The summed E-state index contributed by atoms with van der Waals surface area (Å²) in [5, 5.41) is 3.21. The lowest BCUT2D eigenvalue weighted by Gasteiger charge is -2.31. The summed E-state index contributed by atoms with van der Waals surface area (Å²) >= 11 is 0. The van der Waals surface area contributed by atoms with E-state index in [-0.39, 0.29) is 0 Å². The van der Waals surface area contributed by atoms with Gasteiger partial charge in [0.15, 0.2) is 0 Å². The normalized spacial score (nSPS) is 16.8. The number of hydrogen-bond acceptors (Lipinski definition) is 4. The Labute approximate surface area is 103 Å². The summed E-state index contributed by atoms with van der Waals surface area (Å²) < 4.78 is 0. The number of hydrogen-bond donors (Lipinski definition) is 1. The molecule has 1 aromatic heterocycles. The number of nitrogens with zero attached hydrogens (tertiary/aromatic N) is 3. The highest BCUT2D eigenvalue weighted by molar-refractivity contribution is 5.43. The van der Waals surface area contributed by atoms with Gasteiger partial charge < -0.3 is 10.2 Å². The summed E-state index contributed by atoms with van der Waals surface area (Å²) in [5.74, 6) is 1.85. The second-order valence-corrected chi connectivity index (χ2v) is 4.70. The monoisotopic (exact) mass is 234 g/mol. The number of rotatable bonds is 4. The van der Waals surface area contributed by atoms with E-state index in [9.17, 15) is 0 Å². The molecule has 94 valence electrons. The number of anilines is 2. The highest BCUT2D eigenvalue weighted by atomic mass is 15.2. The van der Waals surface area contributed by atoms with Crippen LogP contribution in [0.15, 0.2) is 12.4 Å². The van der Waals surface area contributed by atoms with E-state index in [2.05, 4.69) is 34.2 Å². The summed E-state index contributed by atoms with van der Waals surface area (Å²) in [6.45, 7) is 2.95. The van der Waals surface area contributed by atoms with Crippen molar-refractivity contribution in [1.82, 2.24) is 9.97 Å². The molecule has 1 aromatic rings. The standard InChI is InChI=1S/C13H22N4/c1-3-15-12-9-14-10-13(16-12)17(2)11-7-5-4-6-8-11/h9-11H,3-8H2,1-2H3,(H,15,16). The van der Waals surface area contributed by atoms with E-state index in [0.717, 1.165) is 18.2 Å². The summed E-state index contributed by atoms with van der Waals surface area (Å²) in [6.07, 6.45) is 10.3. The molecule has 17 heavy (non-hydrogen) atoms. The lowest BCUT2D eigenvalue weighted by molar-refractivity contribution is 0.426. The quantitative estimate of drug-likeness (QED) is 0.869. The van der Waals surface area contributed by atoms with E-state index in [1.54, 1.807) is 6.20 Å². The smallest absolute Gasteiger partial charge is 0.149 e. The molecule has 1 heterocycles. The maximum Gasteiger partial charge on any atom is 0.149 e. The van der Waals surface area contributed by atoms with Crippen molar-refractivity contribution in [2.75, 3.05) is 23.8 Å². The van der Waals surface area contributed by atoms with Crippen LogP contribution in [0.25, 0.3) is 0 Å². The molecule has 1 aliphatic carbocycles. The summed E-state index contributed by atoms with van der Waals surface area (Å²) in [5.41, 5.74) is 0. The molecule has 1 N–H and O–H groups in total. The second-order valence-electron chi connectivity index (χ2n) is 4.70. The Morgan fingerprint density at radius 1 is 1.29 bits per heavy atom. The average Bonchev–Trinajstić information content (AvgIpc) is 2.40. The molecule has 0 aromatic carbocycles. The number of nitrogens with one attached hydrogen (secondary N) is 1. The molecule has 0 aliphatic heterocycles. The van der Waals surface area contributed by atoms with E-state index in [4.69, 9.17) is 0 Å². The lowest BCUT2D eigenvalue weighted by atomic mass is 9.94. The Morgan fingerprint density at radius 3 is 2.76 bits per heavy atom. The minimum atomic E-state index is 0.634. The SMILES string of the molecule is CCNc1cncc(N(C)C2CCCCC2)n1. The Hall–Kier alpha value is -1.32. The highest BCUT2D eigenvalue weighted by Gasteiger charge is 2.19. The first-order valence-corrected chi connectivity index (χ1v) is 6.60. The van der Waals surface area contributed by atoms with Crippen molar-refractivity contribution in [3.05, 3.63) is 12.4 Å². The van der Waals surface area contributed by atoms with Gasteiger partial charge in [-0.05, 0) is 19.8 Å². The fourth-order valence-electron chi connectivity index (χ4n) is 2.45. The van der Waals surface area contributed by atoms with Gasteiger partial charge in [0, 0.05) is 19.6 Å². The molecular formula is C13H22N4. The van der Waals surface area contributed by atoms with Gasteiger partial charge in [-0.25, -0.2) is 4.98 Å². The third-order valence-corrected chi connectivity index (χ3v) is 3.46. The minimum Gasteiger partial charge on any atom is -0.369 e. The molecule has 0 amide bonds. The maximum absolute atomic E-state index is 4.59. The van der Waals surface area contributed by atoms with Crippen LogP contribution < -0.4 is 10.2 Å². The fourth-order valence-corrected chi connectivity index (χ4v) is 2.45. The molecule has 1 saturated carbocycles. The van der Waals surface area contributed by atoms with Crippen molar-refractivity contribution in [3.8, 4) is 0 Å². The lowest BCUT2D eigenvalue weighted by Crippen LogP contribution is -2.34. The van der Waals surface area contributed by atoms with Crippen LogP contribution in [0.3, 0.4) is 0 Å². The van der Waals surface area contributed by atoms with Crippen molar-refractivity contribution >= 4 is 11.6 Å². The first-order valence-electron chi connectivity index (χ1n) is 6.60.